The molecule has 7 heteroatoms. The van der Waals surface area contributed by atoms with Crippen LogP contribution in [0.4, 0.5) is 0 Å². The summed E-state index contributed by atoms with van der Waals surface area (Å²) in [5.74, 6) is 0.963. The zero-order valence-electron chi connectivity index (χ0n) is 14.6. The van der Waals surface area contributed by atoms with Gasteiger partial charge in [0.05, 0.1) is 30.3 Å². The topological polar surface area (TPSA) is 66.8 Å². The summed E-state index contributed by atoms with van der Waals surface area (Å²) in [6, 6.07) is 5.41. The molecule has 0 aliphatic rings. The van der Waals surface area contributed by atoms with Gasteiger partial charge in [-0.05, 0) is 39.8 Å². The summed E-state index contributed by atoms with van der Waals surface area (Å²) < 4.78 is 26.7. The van der Waals surface area contributed by atoms with Gasteiger partial charge in [-0.1, -0.05) is 16.0 Å². The van der Waals surface area contributed by atoms with Crippen molar-refractivity contribution in [1.82, 2.24) is 4.98 Å². The Bertz CT molecular complexity index is 787. The summed E-state index contributed by atoms with van der Waals surface area (Å²) in [4.78, 5) is 4.49. The molecule has 0 bridgehead atoms. The maximum absolute atomic E-state index is 12.3. The Labute approximate surface area is 150 Å². The van der Waals surface area contributed by atoms with E-state index >= 15 is 0 Å². The van der Waals surface area contributed by atoms with Crippen LogP contribution in [0.3, 0.4) is 0 Å². The van der Waals surface area contributed by atoms with Crippen LogP contribution in [0.25, 0.3) is 10.9 Å². The van der Waals surface area contributed by atoms with Crippen molar-refractivity contribution in [3.63, 3.8) is 0 Å². The number of rotatable bonds is 4. The van der Waals surface area contributed by atoms with E-state index < -0.39 is 16.1 Å². The second-order valence-corrected chi connectivity index (χ2v) is 8.58. The van der Waals surface area contributed by atoms with Crippen LogP contribution >= 0.6 is 11.6 Å². The third kappa shape index (κ3) is 3.94. The number of nitrogens with zero attached hydrogens (tertiary/aromatic N) is 2. The van der Waals surface area contributed by atoms with Gasteiger partial charge < -0.3 is 14.0 Å². The molecule has 1 unspecified atom stereocenters. The number of benzene rings is 1. The van der Waals surface area contributed by atoms with Gasteiger partial charge in [0.2, 0.25) is 5.88 Å². The monoisotopic (exact) mass is 368 g/mol. The molecule has 130 valence electrons. The van der Waals surface area contributed by atoms with Crippen molar-refractivity contribution in [3.8, 4) is 11.6 Å². The van der Waals surface area contributed by atoms with Crippen LogP contribution in [0.15, 0.2) is 22.6 Å². The number of pyridine rings is 1. The SMILES string of the molecule is COc1cc2nc(OC)c(C(C)=N[S+]([O-])C(C)(C)C)cc2cc1Cl. The molecule has 1 atom stereocenters. The normalized spacial score (nSPS) is 13.9. The number of aromatic nitrogens is 1. The minimum Gasteiger partial charge on any atom is -0.591 e. The molecule has 0 aliphatic heterocycles. The molecule has 0 saturated heterocycles. The Kier molecular flexibility index (Phi) is 5.63. The van der Waals surface area contributed by atoms with Crippen molar-refractivity contribution >= 4 is 39.6 Å². The molecule has 1 aromatic heterocycles. The van der Waals surface area contributed by atoms with Gasteiger partial charge >= 0.3 is 0 Å². The molecule has 5 nitrogen and oxygen atoms in total. The summed E-state index contributed by atoms with van der Waals surface area (Å²) in [6.07, 6.45) is 0. The minimum absolute atomic E-state index is 0.416. The maximum atomic E-state index is 12.3. The molecule has 0 fully saturated rings. The van der Waals surface area contributed by atoms with Crippen LogP contribution in [0.1, 0.15) is 33.3 Å². The Morgan fingerprint density at radius 2 is 1.88 bits per heavy atom. The van der Waals surface area contributed by atoms with Gasteiger partial charge in [-0.2, -0.15) is 0 Å². The standard InChI is InChI=1S/C17H21ClN2O3S/c1-10(20-24(21)17(2,3)4)12-7-11-8-13(18)15(22-5)9-14(11)19-16(12)23-6/h7-9H,1-6H3. The Morgan fingerprint density at radius 3 is 2.42 bits per heavy atom. The minimum atomic E-state index is -1.36. The van der Waals surface area contributed by atoms with Gasteiger partial charge in [-0.15, -0.1) is 0 Å². The highest BCUT2D eigenvalue weighted by Crippen LogP contribution is 2.32. The summed E-state index contributed by atoms with van der Waals surface area (Å²) in [5.41, 5.74) is 1.98. The quantitative estimate of drug-likeness (QED) is 0.599. The van der Waals surface area contributed by atoms with Gasteiger partial charge in [-0.25, -0.2) is 4.98 Å². The van der Waals surface area contributed by atoms with Crippen LogP contribution in [0, 0.1) is 0 Å². The van der Waals surface area contributed by atoms with E-state index in [9.17, 15) is 4.55 Å². The molecule has 1 aromatic carbocycles. The van der Waals surface area contributed by atoms with Crippen LogP contribution in [-0.2, 0) is 11.4 Å². The Hall–Kier alpha value is -1.50. The van der Waals surface area contributed by atoms with E-state index in [0.717, 1.165) is 5.39 Å². The zero-order valence-corrected chi connectivity index (χ0v) is 16.2. The first-order valence-corrected chi connectivity index (χ1v) is 8.85. The smallest absolute Gasteiger partial charge is 0.223 e. The van der Waals surface area contributed by atoms with Crippen molar-refractivity contribution in [2.75, 3.05) is 14.2 Å². The van der Waals surface area contributed by atoms with Crippen molar-refractivity contribution in [2.45, 2.75) is 32.4 Å². The van der Waals surface area contributed by atoms with Gasteiger partial charge in [0, 0.05) is 11.5 Å². The highest BCUT2D eigenvalue weighted by atomic mass is 35.5. The van der Waals surface area contributed by atoms with E-state index in [2.05, 4.69) is 9.38 Å². The Morgan fingerprint density at radius 1 is 1.21 bits per heavy atom. The van der Waals surface area contributed by atoms with Crippen LogP contribution in [0.2, 0.25) is 5.02 Å². The number of ether oxygens (including phenoxy) is 2. The summed E-state index contributed by atoms with van der Waals surface area (Å²) in [6.45, 7) is 7.42. The van der Waals surface area contributed by atoms with Gasteiger partial charge in [-0.3, -0.25) is 0 Å². The second kappa shape index (κ2) is 7.17. The first-order valence-electron chi connectivity index (χ1n) is 7.37. The van der Waals surface area contributed by atoms with Gasteiger partial charge in [0.25, 0.3) is 0 Å². The van der Waals surface area contributed by atoms with E-state index in [1.54, 1.807) is 33.3 Å². The molecule has 0 aliphatic carbocycles. The third-order valence-corrected chi connectivity index (χ3v) is 5.16. The highest BCUT2D eigenvalue weighted by Gasteiger charge is 2.27. The van der Waals surface area contributed by atoms with Crippen molar-refractivity contribution < 1.29 is 14.0 Å². The average molecular weight is 369 g/mol. The van der Waals surface area contributed by atoms with Crippen LogP contribution in [-0.4, -0.2) is 34.2 Å². The van der Waals surface area contributed by atoms with Crippen molar-refractivity contribution in [2.24, 2.45) is 4.40 Å². The number of hydrogen-bond donors (Lipinski definition) is 0. The van der Waals surface area contributed by atoms with Crippen molar-refractivity contribution in [3.05, 3.63) is 28.8 Å². The molecule has 1 heterocycles. The first-order chi connectivity index (χ1) is 11.2. The predicted octanol–water partition coefficient (Wildman–Crippen LogP) is 4.18. The molecule has 0 spiro atoms. The van der Waals surface area contributed by atoms with E-state index in [1.807, 2.05) is 26.8 Å². The van der Waals surface area contributed by atoms with Gasteiger partial charge in [0.1, 0.15) is 27.6 Å². The Balaban J connectivity index is 2.59. The molecule has 0 radical (unpaired) electrons. The lowest BCUT2D eigenvalue weighted by atomic mass is 10.1. The lowest BCUT2D eigenvalue weighted by molar-refractivity contribution is 0.398. The molecular weight excluding hydrogens is 348 g/mol. The molecular formula is C17H21ClN2O3S. The van der Waals surface area contributed by atoms with E-state index in [1.165, 1.54) is 0 Å². The third-order valence-electron chi connectivity index (χ3n) is 3.38. The van der Waals surface area contributed by atoms with E-state index in [0.29, 0.717) is 33.4 Å². The largest absolute Gasteiger partial charge is 0.591 e. The number of fused-ring (bicyclic) bond motifs is 1. The fraction of sp³-hybridized carbons (Fsp3) is 0.412. The fourth-order valence-electron chi connectivity index (χ4n) is 2.04. The summed E-state index contributed by atoms with van der Waals surface area (Å²) in [5, 5.41) is 1.32. The maximum Gasteiger partial charge on any atom is 0.223 e. The summed E-state index contributed by atoms with van der Waals surface area (Å²) in [7, 11) is 3.09. The molecule has 2 aromatic rings. The van der Waals surface area contributed by atoms with E-state index in [-0.39, 0.29) is 0 Å². The second-order valence-electron chi connectivity index (χ2n) is 6.26. The van der Waals surface area contributed by atoms with Gasteiger partial charge in [0.15, 0.2) is 0 Å². The molecule has 0 amide bonds. The van der Waals surface area contributed by atoms with Crippen LogP contribution < -0.4 is 9.47 Å². The molecule has 0 N–H and O–H groups in total. The van der Waals surface area contributed by atoms with Crippen LogP contribution in [0.5, 0.6) is 11.6 Å². The highest BCUT2D eigenvalue weighted by molar-refractivity contribution is 7.91. The number of hydrogen-bond acceptors (Lipinski definition) is 5. The first kappa shape index (κ1) is 18.8. The lowest BCUT2D eigenvalue weighted by Gasteiger charge is -2.19. The molecule has 2 rings (SSSR count). The van der Waals surface area contributed by atoms with E-state index in [4.69, 9.17) is 21.1 Å². The fourth-order valence-corrected chi connectivity index (χ4v) is 2.91. The predicted molar refractivity (Wildman–Crippen MR) is 100.0 cm³/mol. The number of halogens is 1. The number of methoxy groups -OCH3 is 2. The molecule has 0 saturated carbocycles. The van der Waals surface area contributed by atoms with Crippen molar-refractivity contribution in [1.29, 1.82) is 0 Å². The summed E-state index contributed by atoms with van der Waals surface area (Å²) >= 11 is 4.83. The molecule has 24 heavy (non-hydrogen) atoms. The lowest BCUT2D eigenvalue weighted by Crippen LogP contribution is -2.26. The average Bonchev–Trinajstić information content (AvgIpc) is 2.51. The zero-order chi connectivity index (χ0) is 18.1.